The molecule has 7 heteroatoms. The fourth-order valence-electron chi connectivity index (χ4n) is 1.51. The van der Waals surface area contributed by atoms with Crippen molar-refractivity contribution in [1.29, 1.82) is 0 Å². The Kier molecular flexibility index (Phi) is 6.63. The molecule has 1 atom stereocenters. The van der Waals surface area contributed by atoms with Gasteiger partial charge in [-0.05, 0) is 18.1 Å². The van der Waals surface area contributed by atoms with Crippen LogP contribution in [0, 0.1) is 0 Å². The van der Waals surface area contributed by atoms with Gasteiger partial charge in [-0.15, -0.1) is 0 Å². The molecule has 0 saturated heterocycles. The van der Waals surface area contributed by atoms with E-state index in [0.29, 0.717) is 10.7 Å². The van der Waals surface area contributed by atoms with E-state index in [1.165, 1.54) is 13.8 Å². The summed E-state index contributed by atoms with van der Waals surface area (Å²) in [6, 6.07) is 7.58. The van der Waals surface area contributed by atoms with Crippen molar-refractivity contribution in [1.82, 2.24) is 5.39 Å². The Hall–Kier alpha value is -1.44. The summed E-state index contributed by atoms with van der Waals surface area (Å²) >= 11 is 3.38. The van der Waals surface area contributed by atoms with Crippen molar-refractivity contribution in [3.05, 3.63) is 35.4 Å². The fourth-order valence-corrected chi connectivity index (χ4v) is 2.02. The molecule has 0 aromatic heterocycles. The van der Waals surface area contributed by atoms with Gasteiger partial charge in [0.2, 0.25) is 0 Å². The topological polar surface area (TPSA) is 65.1 Å². The minimum atomic E-state index is -0.660. The van der Waals surface area contributed by atoms with Gasteiger partial charge in [0.1, 0.15) is 6.10 Å². The molecule has 0 aliphatic carbocycles. The van der Waals surface area contributed by atoms with E-state index in [0.717, 1.165) is 11.1 Å². The van der Waals surface area contributed by atoms with Gasteiger partial charge in [0.05, 0.1) is 0 Å². The van der Waals surface area contributed by atoms with Crippen molar-refractivity contribution in [3.8, 4) is 0 Å². The lowest BCUT2D eigenvalue weighted by molar-refractivity contribution is -0.497. The predicted molar refractivity (Wildman–Crippen MR) is 73.9 cm³/mol. The lowest BCUT2D eigenvalue weighted by atomic mass is 10.1. The Balaban J connectivity index is 2.81. The number of carbonyl (C=O) groups excluding carboxylic acids is 2. The van der Waals surface area contributed by atoms with Crippen LogP contribution in [0.2, 0.25) is 0 Å². The van der Waals surface area contributed by atoms with Crippen LogP contribution in [-0.4, -0.2) is 17.3 Å². The van der Waals surface area contributed by atoms with Gasteiger partial charge in [0.15, 0.2) is 5.39 Å². The van der Waals surface area contributed by atoms with Gasteiger partial charge >= 0.3 is 11.9 Å². The standard InChI is InChI=1S/C13H16BrNO5/c1-9(13-7-5-4-6-12(13)8-14)18-15(19-10(2)16)20-11(3)17/h4-7,9H,8H2,1-3H3. The third kappa shape index (κ3) is 5.28. The molecular weight excluding hydrogens is 330 g/mol. The molecule has 6 nitrogen and oxygen atoms in total. The molecule has 0 aliphatic heterocycles. The van der Waals surface area contributed by atoms with Crippen molar-refractivity contribution in [2.45, 2.75) is 32.2 Å². The first-order valence-electron chi connectivity index (χ1n) is 5.91. The number of hydrogen-bond donors (Lipinski definition) is 0. The zero-order chi connectivity index (χ0) is 15.1. The van der Waals surface area contributed by atoms with E-state index in [9.17, 15) is 9.59 Å². The Morgan fingerprint density at radius 3 is 2.25 bits per heavy atom. The van der Waals surface area contributed by atoms with Gasteiger partial charge in [-0.1, -0.05) is 40.2 Å². The largest absolute Gasteiger partial charge is 0.328 e. The third-order valence-electron chi connectivity index (χ3n) is 2.29. The maximum absolute atomic E-state index is 10.9. The lowest BCUT2D eigenvalue weighted by Gasteiger charge is -2.22. The van der Waals surface area contributed by atoms with E-state index in [1.807, 2.05) is 24.3 Å². The molecule has 1 unspecified atom stereocenters. The number of carbonyl (C=O) groups is 2. The number of nitrogens with zero attached hydrogens (tertiary/aromatic N) is 1. The molecule has 1 rings (SSSR count). The quantitative estimate of drug-likeness (QED) is 0.583. The van der Waals surface area contributed by atoms with Crippen LogP contribution in [0.15, 0.2) is 24.3 Å². The Bertz CT molecular complexity index is 464. The lowest BCUT2D eigenvalue weighted by Crippen LogP contribution is -2.30. The molecule has 1 aromatic carbocycles. The van der Waals surface area contributed by atoms with Gasteiger partial charge in [-0.2, -0.15) is 0 Å². The van der Waals surface area contributed by atoms with Crippen molar-refractivity contribution in [3.63, 3.8) is 0 Å². The molecule has 0 heterocycles. The van der Waals surface area contributed by atoms with Crippen LogP contribution in [0.1, 0.15) is 38.0 Å². The van der Waals surface area contributed by atoms with Crippen molar-refractivity contribution < 1.29 is 24.1 Å². The Morgan fingerprint density at radius 1 is 1.20 bits per heavy atom. The van der Waals surface area contributed by atoms with Crippen LogP contribution in [0.25, 0.3) is 0 Å². The zero-order valence-corrected chi connectivity index (χ0v) is 13.0. The van der Waals surface area contributed by atoms with Gasteiger partial charge in [0.25, 0.3) is 0 Å². The van der Waals surface area contributed by atoms with E-state index in [1.54, 1.807) is 6.92 Å². The minimum Gasteiger partial charge on any atom is -0.310 e. The van der Waals surface area contributed by atoms with Gasteiger partial charge < -0.3 is 9.68 Å². The first-order chi connectivity index (χ1) is 9.43. The third-order valence-corrected chi connectivity index (χ3v) is 2.89. The Morgan fingerprint density at radius 2 is 1.75 bits per heavy atom. The fraction of sp³-hybridized carbons (Fsp3) is 0.385. The van der Waals surface area contributed by atoms with E-state index in [-0.39, 0.29) is 0 Å². The second kappa shape index (κ2) is 7.98. The summed E-state index contributed by atoms with van der Waals surface area (Å²) in [5, 5.41) is 1.08. The second-order valence-electron chi connectivity index (χ2n) is 3.97. The second-order valence-corrected chi connectivity index (χ2v) is 4.53. The molecule has 20 heavy (non-hydrogen) atoms. The number of benzene rings is 1. The molecule has 1 aromatic rings. The van der Waals surface area contributed by atoms with Crippen LogP contribution in [0.4, 0.5) is 0 Å². The van der Waals surface area contributed by atoms with Gasteiger partial charge in [-0.3, -0.25) is 9.59 Å². The maximum atomic E-state index is 10.9. The highest BCUT2D eigenvalue weighted by molar-refractivity contribution is 9.08. The van der Waals surface area contributed by atoms with Crippen molar-refractivity contribution in [2.24, 2.45) is 0 Å². The predicted octanol–water partition coefficient (Wildman–Crippen LogP) is 2.83. The van der Waals surface area contributed by atoms with E-state index < -0.39 is 18.0 Å². The first-order valence-corrected chi connectivity index (χ1v) is 7.04. The molecule has 0 N–H and O–H groups in total. The average molecular weight is 346 g/mol. The highest BCUT2D eigenvalue weighted by atomic mass is 79.9. The van der Waals surface area contributed by atoms with Crippen LogP contribution in [0.5, 0.6) is 0 Å². The van der Waals surface area contributed by atoms with E-state index in [2.05, 4.69) is 25.6 Å². The summed E-state index contributed by atoms with van der Waals surface area (Å²) in [5.74, 6) is -1.32. The SMILES string of the molecule is CC(=O)ON(OC(C)=O)OC(C)c1ccccc1CBr. The Labute approximate surface area is 125 Å². The molecule has 0 amide bonds. The normalized spacial score (nSPS) is 12.1. The number of halogens is 1. The summed E-state index contributed by atoms with van der Waals surface area (Å²) in [7, 11) is 0. The smallest absolute Gasteiger partial charge is 0.310 e. The molecule has 0 spiro atoms. The van der Waals surface area contributed by atoms with Crippen LogP contribution < -0.4 is 0 Å². The summed E-state index contributed by atoms with van der Waals surface area (Å²) < 4.78 is 0. The monoisotopic (exact) mass is 345 g/mol. The van der Waals surface area contributed by atoms with Crippen molar-refractivity contribution >= 4 is 27.9 Å². The molecule has 0 radical (unpaired) electrons. The summed E-state index contributed by atoms with van der Waals surface area (Å²) in [4.78, 5) is 36.5. The molecule has 0 fully saturated rings. The molecule has 110 valence electrons. The zero-order valence-electron chi connectivity index (χ0n) is 11.5. The summed E-state index contributed by atoms with van der Waals surface area (Å²) in [6.45, 7) is 4.11. The molecular formula is C13H16BrNO5. The number of alkyl halides is 1. The van der Waals surface area contributed by atoms with Crippen LogP contribution in [0.3, 0.4) is 0 Å². The molecule has 0 aliphatic rings. The number of rotatable bonds is 6. The molecule has 0 bridgehead atoms. The van der Waals surface area contributed by atoms with Crippen LogP contribution in [-0.2, 0) is 29.4 Å². The molecule has 0 saturated carbocycles. The average Bonchev–Trinajstić information content (AvgIpc) is 2.36. The van der Waals surface area contributed by atoms with Crippen molar-refractivity contribution in [2.75, 3.05) is 0 Å². The summed E-state index contributed by atoms with van der Waals surface area (Å²) in [5.41, 5.74) is 1.90. The van der Waals surface area contributed by atoms with Crippen LogP contribution >= 0.6 is 15.9 Å². The van der Waals surface area contributed by atoms with Gasteiger partial charge in [0, 0.05) is 19.2 Å². The van der Waals surface area contributed by atoms with Gasteiger partial charge in [-0.25, -0.2) is 4.84 Å². The summed E-state index contributed by atoms with van der Waals surface area (Å²) in [6.07, 6.45) is -0.470. The minimum absolute atomic E-state index is 0.431. The number of hydrogen-bond acceptors (Lipinski definition) is 6. The highest BCUT2D eigenvalue weighted by Crippen LogP contribution is 2.24. The highest BCUT2D eigenvalue weighted by Gasteiger charge is 2.20. The first kappa shape index (κ1) is 16.6. The maximum Gasteiger partial charge on any atom is 0.328 e. The van der Waals surface area contributed by atoms with E-state index in [4.69, 9.17) is 4.84 Å². The van der Waals surface area contributed by atoms with E-state index >= 15 is 0 Å².